The number of carbonyl (C=O) groups is 1. The highest BCUT2D eigenvalue weighted by atomic mass is 16.2. The highest BCUT2D eigenvalue weighted by Crippen LogP contribution is 2.15. The summed E-state index contributed by atoms with van der Waals surface area (Å²) < 4.78 is 0. The third kappa shape index (κ3) is 2.46. The lowest BCUT2D eigenvalue weighted by atomic mass is 10.1. The molecule has 1 atom stereocenters. The predicted octanol–water partition coefficient (Wildman–Crippen LogP) is 1.24. The molecule has 1 aromatic heterocycles. The molecule has 0 radical (unpaired) electrons. The number of benzene rings is 1. The van der Waals surface area contributed by atoms with Crippen molar-refractivity contribution in [3.63, 3.8) is 0 Å². The topological polar surface area (TPSA) is 61.0 Å². The number of rotatable bonds is 3. The molecular weight excluding hydrogens is 240 g/mol. The van der Waals surface area contributed by atoms with Gasteiger partial charge in [-0.15, -0.1) is 0 Å². The largest absolute Gasteiger partial charge is 0.345 e. The SMILES string of the molecule is CN(CC1CCNC1)C(=O)c1ccc2nc[nH]c2c1. The Kier molecular flexibility index (Phi) is 3.21. The normalized spacial score (nSPS) is 18.9. The molecule has 2 aromatic rings. The maximum absolute atomic E-state index is 12.4. The van der Waals surface area contributed by atoms with Crippen LogP contribution in [0.5, 0.6) is 0 Å². The number of imidazole rings is 1. The van der Waals surface area contributed by atoms with Gasteiger partial charge in [-0.1, -0.05) is 0 Å². The first-order chi connectivity index (χ1) is 9.24. The highest BCUT2D eigenvalue weighted by Gasteiger charge is 2.20. The van der Waals surface area contributed by atoms with Crippen LogP contribution in [-0.2, 0) is 0 Å². The quantitative estimate of drug-likeness (QED) is 0.871. The molecule has 2 N–H and O–H groups in total. The monoisotopic (exact) mass is 258 g/mol. The van der Waals surface area contributed by atoms with Crippen molar-refractivity contribution in [1.29, 1.82) is 0 Å². The second kappa shape index (κ2) is 5.01. The fraction of sp³-hybridized carbons (Fsp3) is 0.429. The second-order valence-electron chi connectivity index (χ2n) is 5.18. The van der Waals surface area contributed by atoms with Gasteiger partial charge in [-0.25, -0.2) is 4.98 Å². The molecule has 1 fully saturated rings. The molecule has 0 aliphatic carbocycles. The number of aromatic nitrogens is 2. The number of amides is 1. The average Bonchev–Trinajstić information content (AvgIpc) is 3.07. The van der Waals surface area contributed by atoms with E-state index in [9.17, 15) is 4.79 Å². The summed E-state index contributed by atoms with van der Waals surface area (Å²) in [5.41, 5.74) is 2.51. The summed E-state index contributed by atoms with van der Waals surface area (Å²) in [7, 11) is 1.87. The average molecular weight is 258 g/mol. The Morgan fingerprint density at radius 2 is 2.42 bits per heavy atom. The van der Waals surface area contributed by atoms with E-state index in [4.69, 9.17) is 0 Å². The molecule has 2 heterocycles. The van der Waals surface area contributed by atoms with Crippen LogP contribution in [0.4, 0.5) is 0 Å². The van der Waals surface area contributed by atoms with Crippen molar-refractivity contribution in [2.45, 2.75) is 6.42 Å². The molecule has 3 rings (SSSR count). The van der Waals surface area contributed by atoms with Crippen LogP contribution in [0.1, 0.15) is 16.8 Å². The maximum atomic E-state index is 12.4. The number of H-pyrrole nitrogens is 1. The number of nitrogens with zero attached hydrogens (tertiary/aromatic N) is 2. The Balaban J connectivity index is 1.74. The van der Waals surface area contributed by atoms with E-state index < -0.39 is 0 Å². The highest BCUT2D eigenvalue weighted by molar-refractivity contribution is 5.97. The minimum absolute atomic E-state index is 0.0726. The Morgan fingerprint density at radius 1 is 1.53 bits per heavy atom. The Bertz CT molecular complexity index is 586. The van der Waals surface area contributed by atoms with Gasteiger partial charge >= 0.3 is 0 Å². The summed E-state index contributed by atoms with van der Waals surface area (Å²) in [4.78, 5) is 21.4. The predicted molar refractivity (Wildman–Crippen MR) is 74.0 cm³/mol. The number of nitrogens with one attached hydrogen (secondary N) is 2. The summed E-state index contributed by atoms with van der Waals surface area (Å²) in [6.45, 7) is 2.89. The van der Waals surface area contributed by atoms with Crippen molar-refractivity contribution < 1.29 is 4.79 Å². The van der Waals surface area contributed by atoms with Gasteiger partial charge < -0.3 is 15.2 Å². The number of carbonyl (C=O) groups excluding carboxylic acids is 1. The Labute approximate surface area is 112 Å². The molecule has 0 bridgehead atoms. The molecule has 1 saturated heterocycles. The molecular formula is C14H18N4O. The van der Waals surface area contributed by atoms with E-state index in [1.54, 1.807) is 6.33 Å². The number of fused-ring (bicyclic) bond motifs is 1. The van der Waals surface area contributed by atoms with E-state index in [0.29, 0.717) is 11.5 Å². The number of hydrogen-bond acceptors (Lipinski definition) is 3. The zero-order chi connectivity index (χ0) is 13.2. The minimum Gasteiger partial charge on any atom is -0.345 e. The molecule has 1 amide bonds. The van der Waals surface area contributed by atoms with Crippen LogP contribution < -0.4 is 5.32 Å². The van der Waals surface area contributed by atoms with Crippen molar-refractivity contribution in [2.24, 2.45) is 5.92 Å². The molecule has 19 heavy (non-hydrogen) atoms. The third-order valence-corrected chi connectivity index (χ3v) is 3.71. The number of aromatic amines is 1. The van der Waals surface area contributed by atoms with E-state index in [2.05, 4.69) is 15.3 Å². The van der Waals surface area contributed by atoms with E-state index in [-0.39, 0.29) is 5.91 Å². The van der Waals surface area contributed by atoms with Gasteiger partial charge in [0.15, 0.2) is 0 Å². The fourth-order valence-electron chi connectivity index (χ4n) is 2.63. The lowest BCUT2D eigenvalue weighted by Crippen LogP contribution is -2.32. The van der Waals surface area contributed by atoms with Crippen LogP contribution in [0.2, 0.25) is 0 Å². The van der Waals surface area contributed by atoms with Crippen molar-refractivity contribution >= 4 is 16.9 Å². The van der Waals surface area contributed by atoms with E-state index in [1.807, 2.05) is 30.1 Å². The standard InChI is InChI=1S/C14H18N4O/c1-18(8-10-4-5-15-7-10)14(19)11-2-3-12-13(6-11)17-9-16-12/h2-3,6,9-10,15H,4-5,7-8H2,1H3,(H,16,17). The third-order valence-electron chi connectivity index (χ3n) is 3.71. The van der Waals surface area contributed by atoms with Crippen LogP contribution in [-0.4, -0.2) is 47.5 Å². The van der Waals surface area contributed by atoms with Gasteiger partial charge in [0.25, 0.3) is 5.91 Å². The second-order valence-corrected chi connectivity index (χ2v) is 5.18. The molecule has 5 heteroatoms. The van der Waals surface area contributed by atoms with Gasteiger partial charge in [-0.2, -0.15) is 0 Å². The van der Waals surface area contributed by atoms with Gasteiger partial charge in [-0.3, -0.25) is 4.79 Å². The number of hydrogen-bond donors (Lipinski definition) is 2. The molecule has 1 unspecified atom stereocenters. The van der Waals surface area contributed by atoms with Crippen molar-refractivity contribution in [1.82, 2.24) is 20.2 Å². The van der Waals surface area contributed by atoms with Gasteiger partial charge in [-0.05, 0) is 43.6 Å². The molecule has 5 nitrogen and oxygen atoms in total. The van der Waals surface area contributed by atoms with E-state index >= 15 is 0 Å². The maximum Gasteiger partial charge on any atom is 0.253 e. The summed E-state index contributed by atoms with van der Waals surface area (Å²) in [6, 6.07) is 5.59. The van der Waals surface area contributed by atoms with Crippen LogP contribution in [0.25, 0.3) is 11.0 Å². The summed E-state index contributed by atoms with van der Waals surface area (Å²) in [5.74, 6) is 0.647. The molecule has 1 aliphatic heterocycles. The van der Waals surface area contributed by atoms with Gasteiger partial charge in [0.2, 0.25) is 0 Å². The first-order valence-corrected chi connectivity index (χ1v) is 6.63. The van der Waals surface area contributed by atoms with E-state index in [0.717, 1.165) is 37.1 Å². The smallest absolute Gasteiger partial charge is 0.253 e. The van der Waals surface area contributed by atoms with Crippen LogP contribution in [0.15, 0.2) is 24.5 Å². The molecule has 1 aromatic carbocycles. The first kappa shape index (κ1) is 12.2. The van der Waals surface area contributed by atoms with Crippen molar-refractivity contribution in [3.8, 4) is 0 Å². The summed E-state index contributed by atoms with van der Waals surface area (Å²) >= 11 is 0. The summed E-state index contributed by atoms with van der Waals surface area (Å²) in [6.07, 6.45) is 2.80. The minimum atomic E-state index is 0.0726. The molecule has 0 saturated carbocycles. The fourth-order valence-corrected chi connectivity index (χ4v) is 2.63. The first-order valence-electron chi connectivity index (χ1n) is 6.63. The van der Waals surface area contributed by atoms with Crippen LogP contribution in [0.3, 0.4) is 0 Å². The molecule has 1 aliphatic rings. The molecule has 0 spiro atoms. The van der Waals surface area contributed by atoms with Gasteiger partial charge in [0, 0.05) is 19.2 Å². The van der Waals surface area contributed by atoms with Crippen LogP contribution >= 0.6 is 0 Å². The van der Waals surface area contributed by atoms with Gasteiger partial charge in [0.05, 0.1) is 17.4 Å². The zero-order valence-corrected chi connectivity index (χ0v) is 11.0. The Hall–Kier alpha value is -1.88. The van der Waals surface area contributed by atoms with E-state index in [1.165, 1.54) is 0 Å². The lowest BCUT2D eigenvalue weighted by Gasteiger charge is -2.20. The molecule has 100 valence electrons. The van der Waals surface area contributed by atoms with Crippen LogP contribution in [0, 0.1) is 5.92 Å². The van der Waals surface area contributed by atoms with Crippen molar-refractivity contribution in [2.75, 3.05) is 26.7 Å². The van der Waals surface area contributed by atoms with Crippen molar-refractivity contribution in [3.05, 3.63) is 30.1 Å². The van der Waals surface area contributed by atoms with Gasteiger partial charge in [0.1, 0.15) is 0 Å². The summed E-state index contributed by atoms with van der Waals surface area (Å²) in [5, 5.41) is 3.33. The zero-order valence-electron chi connectivity index (χ0n) is 11.0. The lowest BCUT2D eigenvalue weighted by molar-refractivity contribution is 0.0776. The Morgan fingerprint density at radius 3 is 3.21 bits per heavy atom.